The van der Waals surface area contributed by atoms with E-state index in [1.807, 2.05) is 30.3 Å². The topological polar surface area (TPSA) is 26.3 Å². The minimum atomic E-state index is -0.176. The SMILES string of the molecule is C#CC=C1CC(Cc2ccccc2)C(=O)O1. The van der Waals surface area contributed by atoms with E-state index in [9.17, 15) is 4.79 Å². The second kappa shape index (κ2) is 4.67. The Morgan fingerprint density at radius 2 is 2.19 bits per heavy atom. The van der Waals surface area contributed by atoms with Gasteiger partial charge in [-0.25, -0.2) is 0 Å². The van der Waals surface area contributed by atoms with Crippen LogP contribution in [0.1, 0.15) is 12.0 Å². The first-order valence-corrected chi connectivity index (χ1v) is 5.20. The molecule has 1 atom stereocenters. The summed E-state index contributed by atoms with van der Waals surface area (Å²) >= 11 is 0. The van der Waals surface area contributed by atoms with Crippen LogP contribution in [0.4, 0.5) is 0 Å². The Morgan fingerprint density at radius 1 is 1.44 bits per heavy atom. The molecule has 1 aliphatic heterocycles. The van der Waals surface area contributed by atoms with E-state index >= 15 is 0 Å². The largest absolute Gasteiger partial charge is 0.430 e. The Hall–Kier alpha value is -2.01. The standard InChI is InChI=1S/C14H12O2/c1-2-6-13-10-12(14(15)16-13)9-11-7-4-3-5-8-11/h1,3-8,12H,9-10H2. The van der Waals surface area contributed by atoms with Gasteiger partial charge in [0.1, 0.15) is 5.76 Å². The highest BCUT2D eigenvalue weighted by Gasteiger charge is 2.30. The second-order valence-electron chi connectivity index (χ2n) is 3.79. The highest BCUT2D eigenvalue weighted by Crippen LogP contribution is 2.27. The Morgan fingerprint density at radius 3 is 2.88 bits per heavy atom. The average Bonchev–Trinajstić information content (AvgIpc) is 2.61. The Kier molecular flexibility index (Phi) is 3.07. The van der Waals surface area contributed by atoms with Gasteiger partial charge in [-0.1, -0.05) is 36.3 Å². The number of rotatable bonds is 2. The Balaban J connectivity index is 2.05. The van der Waals surface area contributed by atoms with Crippen molar-refractivity contribution in [2.75, 3.05) is 0 Å². The van der Waals surface area contributed by atoms with Crippen LogP contribution in [0.5, 0.6) is 0 Å². The van der Waals surface area contributed by atoms with Gasteiger partial charge in [-0.2, -0.15) is 0 Å². The molecule has 0 aromatic heterocycles. The van der Waals surface area contributed by atoms with E-state index in [2.05, 4.69) is 5.92 Å². The lowest BCUT2D eigenvalue weighted by Crippen LogP contribution is -2.10. The van der Waals surface area contributed by atoms with Crippen LogP contribution in [0.2, 0.25) is 0 Å². The first-order valence-electron chi connectivity index (χ1n) is 5.20. The molecule has 1 aliphatic rings. The summed E-state index contributed by atoms with van der Waals surface area (Å²) in [6.07, 6.45) is 7.97. The van der Waals surface area contributed by atoms with Crippen molar-refractivity contribution in [1.82, 2.24) is 0 Å². The molecule has 1 aromatic carbocycles. The molecule has 0 amide bonds. The third kappa shape index (κ3) is 2.32. The number of carbonyl (C=O) groups excluding carboxylic acids is 1. The van der Waals surface area contributed by atoms with E-state index in [0.29, 0.717) is 18.6 Å². The van der Waals surface area contributed by atoms with Crippen LogP contribution in [0.3, 0.4) is 0 Å². The highest BCUT2D eigenvalue weighted by atomic mass is 16.5. The molecule has 0 bridgehead atoms. The van der Waals surface area contributed by atoms with Crippen LogP contribution in [-0.2, 0) is 16.0 Å². The normalized spacial score (nSPS) is 21.8. The fourth-order valence-corrected chi connectivity index (χ4v) is 1.82. The minimum Gasteiger partial charge on any atom is -0.430 e. The molecule has 0 radical (unpaired) electrons. The second-order valence-corrected chi connectivity index (χ2v) is 3.79. The molecule has 2 heteroatoms. The van der Waals surface area contributed by atoms with Crippen molar-refractivity contribution in [3.63, 3.8) is 0 Å². The Labute approximate surface area is 94.9 Å². The molecule has 80 valence electrons. The molecule has 1 unspecified atom stereocenters. The summed E-state index contributed by atoms with van der Waals surface area (Å²) in [5.41, 5.74) is 1.14. The number of benzene rings is 1. The van der Waals surface area contributed by atoms with Gasteiger partial charge in [-0.05, 0) is 12.0 Å². The number of cyclic esters (lactones) is 1. The van der Waals surface area contributed by atoms with Gasteiger partial charge in [-0.3, -0.25) is 4.79 Å². The maximum absolute atomic E-state index is 11.5. The smallest absolute Gasteiger partial charge is 0.314 e. The van der Waals surface area contributed by atoms with E-state index in [1.54, 1.807) is 0 Å². The molecule has 1 aromatic rings. The van der Waals surface area contributed by atoms with Gasteiger partial charge >= 0.3 is 5.97 Å². The van der Waals surface area contributed by atoms with Gasteiger partial charge in [0.15, 0.2) is 0 Å². The molecule has 1 saturated heterocycles. The number of hydrogen-bond donors (Lipinski definition) is 0. The summed E-state index contributed by atoms with van der Waals surface area (Å²) in [5, 5.41) is 0. The minimum absolute atomic E-state index is 0.0954. The Bertz CT molecular complexity index is 451. The van der Waals surface area contributed by atoms with Crippen molar-refractivity contribution in [2.45, 2.75) is 12.8 Å². The summed E-state index contributed by atoms with van der Waals surface area (Å²) in [6, 6.07) is 9.91. The molecule has 1 fully saturated rings. The number of terminal acetylenes is 1. The third-order valence-electron chi connectivity index (χ3n) is 2.58. The summed E-state index contributed by atoms with van der Waals surface area (Å²) in [7, 11) is 0. The van der Waals surface area contributed by atoms with Crippen molar-refractivity contribution in [1.29, 1.82) is 0 Å². The van der Waals surface area contributed by atoms with E-state index in [1.165, 1.54) is 6.08 Å². The van der Waals surface area contributed by atoms with Gasteiger partial charge in [-0.15, -0.1) is 6.42 Å². The average molecular weight is 212 g/mol. The zero-order chi connectivity index (χ0) is 11.4. The summed E-state index contributed by atoms with van der Waals surface area (Å²) < 4.78 is 5.07. The molecule has 16 heavy (non-hydrogen) atoms. The van der Waals surface area contributed by atoms with Gasteiger partial charge in [0.25, 0.3) is 0 Å². The van der Waals surface area contributed by atoms with Crippen LogP contribution < -0.4 is 0 Å². The van der Waals surface area contributed by atoms with Crippen LogP contribution in [0.15, 0.2) is 42.2 Å². The van der Waals surface area contributed by atoms with E-state index in [0.717, 1.165) is 5.56 Å². The van der Waals surface area contributed by atoms with Crippen LogP contribution in [0.25, 0.3) is 0 Å². The first-order chi connectivity index (χ1) is 7.79. The lowest BCUT2D eigenvalue weighted by atomic mass is 9.97. The monoisotopic (exact) mass is 212 g/mol. The molecule has 2 nitrogen and oxygen atoms in total. The quantitative estimate of drug-likeness (QED) is 0.555. The molecule has 2 rings (SSSR count). The summed E-state index contributed by atoms with van der Waals surface area (Å²) in [4.78, 5) is 11.5. The van der Waals surface area contributed by atoms with E-state index in [-0.39, 0.29) is 11.9 Å². The van der Waals surface area contributed by atoms with Gasteiger partial charge in [0.2, 0.25) is 0 Å². The maximum Gasteiger partial charge on any atom is 0.314 e. The number of carbonyl (C=O) groups is 1. The lowest BCUT2D eigenvalue weighted by Gasteiger charge is -2.03. The number of ether oxygens (including phenoxy) is 1. The zero-order valence-corrected chi connectivity index (χ0v) is 8.85. The van der Waals surface area contributed by atoms with Gasteiger partial charge in [0.05, 0.1) is 5.92 Å². The van der Waals surface area contributed by atoms with Gasteiger partial charge in [0, 0.05) is 12.5 Å². The molecular formula is C14H12O2. The van der Waals surface area contributed by atoms with E-state index < -0.39 is 0 Å². The van der Waals surface area contributed by atoms with E-state index in [4.69, 9.17) is 11.2 Å². The fourth-order valence-electron chi connectivity index (χ4n) is 1.82. The number of hydrogen-bond acceptors (Lipinski definition) is 2. The molecule has 0 aliphatic carbocycles. The van der Waals surface area contributed by atoms with Crippen molar-refractivity contribution in [3.05, 3.63) is 47.7 Å². The predicted molar refractivity (Wildman–Crippen MR) is 61.3 cm³/mol. The summed E-state index contributed by atoms with van der Waals surface area (Å²) in [5.74, 6) is 2.71. The third-order valence-corrected chi connectivity index (χ3v) is 2.58. The first kappa shape index (κ1) is 10.5. The molecular weight excluding hydrogens is 200 g/mol. The number of esters is 1. The molecule has 0 saturated carbocycles. The van der Waals surface area contributed by atoms with Gasteiger partial charge < -0.3 is 4.74 Å². The lowest BCUT2D eigenvalue weighted by molar-refractivity contribution is -0.139. The highest BCUT2D eigenvalue weighted by molar-refractivity contribution is 5.77. The van der Waals surface area contributed by atoms with Crippen LogP contribution >= 0.6 is 0 Å². The van der Waals surface area contributed by atoms with Crippen LogP contribution in [0, 0.1) is 18.3 Å². The number of allylic oxidation sites excluding steroid dienone is 2. The van der Waals surface area contributed by atoms with Crippen molar-refractivity contribution >= 4 is 5.97 Å². The van der Waals surface area contributed by atoms with Crippen molar-refractivity contribution in [2.24, 2.45) is 5.92 Å². The molecule has 1 heterocycles. The van der Waals surface area contributed by atoms with Crippen molar-refractivity contribution in [3.8, 4) is 12.3 Å². The fraction of sp³-hybridized carbons (Fsp3) is 0.214. The molecule has 0 spiro atoms. The maximum atomic E-state index is 11.5. The predicted octanol–water partition coefficient (Wildman–Crippen LogP) is 2.31. The zero-order valence-electron chi connectivity index (χ0n) is 8.85. The van der Waals surface area contributed by atoms with Crippen LogP contribution in [-0.4, -0.2) is 5.97 Å². The summed E-state index contributed by atoms with van der Waals surface area (Å²) in [6.45, 7) is 0. The van der Waals surface area contributed by atoms with Crippen molar-refractivity contribution < 1.29 is 9.53 Å². The molecule has 0 N–H and O–H groups in total.